The van der Waals surface area contributed by atoms with Crippen LogP contribution < -0.4 is 5.32 Å². The third kappa shape index (κ3) is 3.03. The first-order valence-electron chi connectivity index (χ1n) is 6.08. The summed E-state index contributed by atoms with van der Waals surface area (Å²) < 4.78 is 0. The van der Waals surface area contributed by atoms with Crippen molar-refractivity contribution in [2.45, 2.75) is 32.4 Å². The molecule has 3 heteroatoms. The van der Waals surface area contributed by atoms with Crippen LogP contribution in [0.5, 0.6) is 0 Å². The highest BCUT2D eigenvalue weighted by molar-refractivity contribution is 5.12. The van der Waals surface area contributed by atoms with Crippen molar-refractivity contribution in [2.24, 2.45) is 0 Å². The zero-order valence-electron chi connectivity index (χ0n) is 10.2. The Balaban J connectivity index is 1.90. The molecule has 1 unspecified atom stereocenters. The molecule has 0 aromatic carbocycles. The van der Waals surface area contributed by atoms with Crippen LogP contribution in [0.15, 0.2) is 18.3 Å². The summed E-state index contributed by atoms with van der Waals surface area (Å²) in [5.74, 6) is 0. The standard InChI is InChI=1S/C13H21N3/c1-11-5-6-12(15-8-11)10-16(2)13-4-3-7-14-9-13/h5-6,8,13-14H,3-4,7,9-10H2,1-2H3. The van der Waals surface area contributed by atoms with Gasteiger partial charge in [0.15, 0.2) is 0 Å². The number of aryl methyl sites for hydroxylation is 1. The third-order valence-electron chi connectivity index (χ3n) is 3.28. The molecule has 1 fully saturated rings. The SMILES string of the molecule is Cc1ccc(CN(C)C2CCCNC2)nc1. The van der Waals surface area contributed by atoms with E-state index < -0.39 is 0 Å². The van der Waals surface area contributed by atoms with Crippen LogP contribution in [0, 0.1) is 6.92 Å². The van der Waals surface area contributed by atoms with Gasteiger partial charge in [-0.3, -0.25) is 9.88 Å². The van der Waals surface area contributed by atoms with Gasteiger partial charge in [0.05, 0.1) is 5.69 Å². The van der Waals surface area contributed by atoms with Gasteiger partial charge in [-0.05, 0) is 45.0 Å². The van der Waals surface area contributed by atoms with Gasteiger partial charge < -0.3 is 5.32 Å². The predicted molar refractivity (Wildman–Crippen MR) is 66.3 cm³/mol. The van der Waals surface area contributed by atoms with Crippen molar-refractivity contribution in [3.8, 4) is 0 Å². The van der Waals surface area contributed by atoms with E-state index in [0.29, 0.717) is 6.04 Å². The van der Waals surface area contributed by atoms with Crippen LogP contribution in [0.1, 0.15) is 24.1 Å². The maximum absolute atomic E-state index is 4.45. The summed E-state index contributed by atoms with van der Waals surface area (Å²) in [5, 5.41) is 3.45. The van der Waals surface area contributed by atoms with E-state index >= 15 is 0 Å². The molecule has 3 nitrogen and oxygen atoms in total. The van der Waals surface area contributed by atoms with Crippen LogP contribution >= 0.6 is 0 Å². The summed E-state index contributed by atoms with van der Waals surface area (Å²) in [6, 6.07) is 4.93. The largest absolute Gasteiger partial charge is 0.315 e. The van der Waals surface area contributed by atoms with Gasteiger partial charge in [-0.1, -0.05) is 6.07 Å². The van der Waals surface area contributed by atoms with Crippen molar-refractivity contribution in [1.29, 1.82) is 0 Å². The number of likely N-dealkylation sites (N-methyl/N-ethyl adjacent to an activating group) is 1. The summed E-state index contributed by atoms with van der Waals surface area (Å²) in [4.78, 5) is 6.86. The van der Waals surface area contributed by atoms with Gasteiger partial charge in [-0.15, -0.1) is 0 Å². The summed E-state index contributed by atoms with van der Waals surface area (Å²) >= 11 is 0. The quantitative estimate of drug-likeness (QED) is 0.836. The van der Waals surface area contributed by atoms with Crippen molar-refractivity contribution in [1.82, 2.24) is 15.2 Å². The minimum absolute atomic E-state index is 0.664. The smallest absolute Gasteiger partial charge is 0.0544 e. The van der Waals surface area contributed by atoms with Gasteiger partial charge in [0.25, 0.3) is 0 Å². The molecule has 0 aliphatic carbocycles. The average molecular weight is 219 g/mol. The first-order valence-corrected chi connectivity index (χ1v) is 6.08. The Bertz CT molecular complexity index is 314. The molecule has 1 atom stereocenters. The molecule has 1 aliphatic rings. The summed E-state index contributed by atoms with van der Waals surface area (Å²) in [6.07, 6.45) is 4.54. The van der Waals surface area contributed by atoms with Gasteiger partial charge in [0.2, 0.25) is 0 Å². The maximum Gasteiger partial charge on any atom is 0.0544 e. The number of hydrogen-bond acceptors (Lipinski definition) is 3. The van der Waals surface area contributed by atoms with E-state index in [2.05, 4.69) is 41.3 Å². The molecular weight excluding hydrogens is 198 g/mol. The van der Waals surface area contributed by atoms with Crippen LogP contribution in [-0.4, -0.2) is 36.1 Å². The Morgan fingerprint density at radius 2 is 2.38 bits per heavy atom. The van der Waals surface area contributed by atoms with E-state index in [1.807, 2.05) is 6.20 Å². The number of rotatable bonds is 3. The van der Waals surface area contributed by atoms with Gasteiger partial charge in [0, 0.05) is 25.3 Å². The second-order valence-corrected chi connectivity index (χ2v) is 4.74. The molecule has 88 valence electrons. The first-order chi connectivity index (χ1) is 7.75. The molecule has 0 bridgehead atoms. The highest BCUT2D eigenvalue weighted by Crippen LogP contribution is 2.11. The van der Waals surface area contributed by atoms with E-state index in [1.54, 1.807) is 0 Å². The van der Waals surface area contributed by atoms with Crippen LogP contribution in [0.4, 0.5) is 0 Å². The Morgan fingerprint density at radius 3 is 3.00 bits per heavy atom. The molecule has 0 saturated carbocycles. The molecule has 2 rings (SSSR count). The molecular formula is C13H21N3. The summed E-state index contributed by atoms with van der Waals surface area (Å²) in [5.41, 5.74) is 2.39. The molecule has 2 heterocycles. The first kappa shape index (κ1) is 11.6. The van der Waals surface area contributed by atoms with Crippen LogP contribution in [-0.2, 0) is 6.54 Å². The van der Waals surface area contributed by atoms with E-state index in [0.717, 1.165) is 13.1 Å². The second-order valence-electron chi connectivity index (χ2n) is 4.74. The predicted octanol–water partition coefficient (Wildman–Crippen LogP) is 1.57. The topological polar surface area (TPSA) is 28.2 Å². The zero-order chi connectivity index (χ0) is 11.4. The Kier molecular flexibility index (Phi) is 3.91. The van der Waals surface area contributed by atoms with Crippen LogP contribution in [0.2, 0.25) is 0 Å². The Labute approximate surface area is 97.9 Å². The summed E-state index contributed by atoms with van der Waals surface area (Å²) in [7, 11) is 2.19. The molecule has 0 radical (unpaired) electrons. The van der Waals surface area contributed by atoms with Gasteiger partial charge in [0.1, 0.15) is 0 Å². The van der Waals surface area contributed by atoms with Gasteiger partial charge >= 0.3 is 0 Å². The van der Waals surface area contributed by atoms with Crippen LogP contribution in [0.3, 0.4) is 0 Å². The zero-order valence-corrected chi connectivity index (χ0v) is 10.2. The number of piperidine rings is 1. The third-order valence-corrected chi connectivity index (χ3v) is 3.28. The fourth-order valence-electron chi connectivity index (χ4n) is 2.19. The molecule has 16 heavy (non-hydrogen) atoms. The van der Waals surface area contributed by atoms with E-state index in [4.69, 9.17) is 0 Å². The molecule has 1 N–H and O–H groups in total. The fraction of sp³-hybridized carbons (Fsp3) is 0.615. The normalized spacial score (nSPS) is 21.3. The van der Waals surface area contributed by atoms with Gasteiger partial charge in [-0.2, -0.15) is 0 Å². The molecule has 0 spiro atoms. The maximum atomic E-state index is 4.45. The number of nitrogens with one attached hydrogen (secondary N) is 1. The number of aromatic nitrogens is 1. The minimum atomic E-state index is 0.664. The van der Waals surface area contributed by atoms with Crippen molar-refractivity contribution in [3.63, 3.8) is 0 Å². The Morgan fingerprint density at radius 1 is 1.50 bits per heavy atom. The fourth-order valence-corrected chi connectivity index (χ4v) is 2.19. The average Bonchev–Trinajstić information content (AvgIpc) is 2.33. The lowest BCUT2D eigenvalue weighted by Crippen LogP contribution is -2.43. The number of nitrogens with zero attached hydrogens (tertiary/aromatic N) is 2. The van der Waals surface area contributed by atoms with E-state index in [1.165, 1.54) is 30.6 Å². The van der Waals surface area contributed by atoms with Crippen molar-refractivity contribution >= 4 is 0 Å². The lowest BCUT2D eigenvalue weighted by atomic mass is 10.1. The minimum Gasteiger partial charge on any atom is -0.315 e. The lowest BCUT2D eigenvalue weighted by Gasteiger charge is -2.31. The molecule has 1 aromatic heterocycles. The molecule has 1 saturated heterocycles. The number of pyridine rings is 1. The molecule has 1 aromatic rings. The van der Waals surface area contributed by atoms with Crippen molar-refractivity contribution in [3.05, 3.63) is 29.6 Å². The van der Waals surface area contributed by atoms with Crippen molar-refractivity contribution < 1.29 is 0 Å². The van der Waals surface area contributed by atoms with E-state index in [9.17, 15) is 0 Å². The Hall–Kier alpha value is -0.930. The van der Waals surface area contributed by atoms with E-state index in [-0.39, 0.29) is 0 Å². The highest BCUT2D eigenvalue weighted by atomic mass is 15.2. The van der Waals surface area contributed by atoms with Crippen molar-refractivity contribution in [2.75, 3.05) is 20.1 Å². The molecule has 0 amide bonds. The van der Waals surface area contributed by atoms with Gasteiger partial charge in [-0.25, -0.2) is 0 Å². The second kappa shape index (κ2) is 5.41. The summed E-state index contributed by atoms with van der Waals surface area (Å²) in [6.45, 7) is 5.31. The number of hydrogen-bond donors (Lipinski definition) is 1. The van der Waals surface area contributed by atoms with Crippen LogP contribution in [0.25, 0.3) is 0 Å². The highest BCUT2D eigenvalue weighted by Gasteiger charge is 2.17. The molecule has 1 aliphatic heterocycles. The lowest BCUT2D eigenvalue weighted by molar-refractivity contribution is 0.194. The monoisotopic (exact) mass is 219 g/mol.